The normalized spacial score (nSPS) is 14.1. The van der Waals surface area contributed by atoms with Crippen molar-refractivity contribution in [2.45, 2.75) is 0 Å². The van der Waals surface area contributed by atoms with Crippen molar-refractivity contribution >= 4 is 17.5 Å². The van der Waals surface area contributed by atoms with E-state index < -0.39 is 0 Å². The van der Waals surface area contributed by atoms with E-state index in [1.54, 1.807) is 32.4 Å². The van der Waals surface area contributed by atoms with Crippen molar-refractivity contribution in [3.63, 3.8) is 0 Å². The lowest BCUT2D eigenvalue weighted by atomic mass is 10.2. The van der Waals surface area contributed by atoms with Gasteiger partial charge in [-0.3, -0.25) is 4.79 Å². The SMILES string of the molecule is COc1cc(NC(=O)c2cnc(N3CCOCC3)nc2)cc(OC)c1. The Morgan fingerprint density at radius 1 is 1.08 bits per heavy atom. The zero-order chi connectivity index (χ0) is 17.6. The molecule has 0 bridgehead atoms. The predicted octanol–water partition coefficient (Wildman–Crippen LogP) is 1.58. The molecule has 0 saturated carbocycles. The van der Waals surface area contributed by atoms with Crippen LogP contribution in [0.15, 0.2) is 30.6 Å². The number of carbonyl (C=O) groups is 1. The number of anilines is 2. The number of benzene rings is 1. The van der Waals surface area contributed by atoms with Gasteiger partial charge in [0.25, 0.3) is 5.91 Å². The van der Waals surface area contributed by atoms with Gasteiger partial charge in [-0.1, -0.05) is 0 Å². The van der Waals surface area contributed by atoms with Crippen LogP contribution in [0.4, 0.5) is 11.6 Å². The van der Waals surface area contributed by atoms with Gasteiger partial charge in [0.1, 0.15) is 11.5 Å². The van der Waals surface area contributed by atoms with Crippen molar-refractivity contribution in [2.24, 2.45) is 0 Å². The van der Waals surface area contributed by atoms with E-state index in [2.05, 4.69) is 15.3 Å². The minimum absolute atomic E-state index is 0.302. The lowest BCUT2D eigenvalue weighted by Gasteiger charge is -2.26. The number of ether oxygens (including phenoxy) is 3. The average molecular weight is 344 g/mol. The molecule has 1 amide bonds. The second-order valence-electron chi connectivity index (χ2n) is 5.43. The molecule has 3 rings (SSSR count). The number of carbonyl (C=O) groups excluding carboxylic acids is 1. The molecule has 8 heteroatoms. The minimum atomic E-state index is -0.302. The smallest absolute Gasteiger partial charge is 0.258 e. The summed E-state index contributed by atoms with van der Waals surface area (Å²) in [5.41, 5.74) is 0.942. The summed E-state index contributed by atoms with van der Waals surface area (Å²) < 4.78 is 15.7. The van der Waals surface area contributed by atoms with Gasteiger partial charge in [0.15, 0.2) is 0 Å². The summed E-state index contributed by atoms with van der Waals surface area (Å²) in [6.07, 6.45) is 3.04. The van der Waals surface area contributed by atoms with Gasteiger partial charge in [0, 0.05) is 49.4 Å². The Hall–Kier alpha value is -2.87. The number of aromatic nitrogens is 2. The van der Waals surface area contributed by atoms with Crippen LogP contribution in [0.2, 0.25) is 0 Å². The van der Waals surface area contributed by atoms with Gasteiger partial charge in [0.2, 0.25) is 5.95 Å². The van der Waals surface area contributed by atoms with Gasteiger partial charge < -0.3 is 24.4 Å². The molecule has 25 heavy (non-hydrogen) atoms. The van der Waals surface area contributed by atoms with Gasteiger partial charge in [-0.25, -0.2) is 9.97 Å². The molecule has 1 aromatic carbocycles. The first-order chi connectivity index (χ1) is 12.2. The summed E-state index contributed by atoms with van der Waals surface area (Å²) in [6.45, 7) is 2.80. The van der Waals surface area contributed by atoms with Crippen molar-refractivity contribution in [1.82, 2.24) is 9.97 Å². The highest BCUT2D eigenvalue weighted by molar-refractivity contribution is 6.04. The monoisotopic (exact) mass is 344 g/mol. The molecule has 0 aliphatic carbocycles. The van der Waals surface area contributed by atoms with Crippen LogP contribution in [0, 0.1) is 0 Å². The minimum Gasteiger partial charge on any atom is -0.497 e. The maximum absolute atomic E-state index is 12.4. The van der Waals surface area contributed by atoms with Crippen molar-refractivity contribution in [1.29, 1.82) is 0 Å². The molecule has 2 aromatic rings. The van der Waals surface area contributed by atoms with Crippen LogP contribution in [0.1, 0.15) is 10.4 Å². The number of amides is 1. The highest BCUT2D eigenvalue weighted by Gasteiger charge is 2.15. The summed E-state index contributed by atoms with van der Waals surface area (Å²) in [6, 6.07) is 5.16. The van der Waals surface area contributed by atoms with E-state index in [-0.39, 0.29) is 5.91 Å². The topological polar surface area (TPSA) is 85.8 Å². The Balaban J connectivity index is 1.70. The zero-order valence-corrected chi connectivity index (χ0v) is 14.2. The summed E-state index contributed by atoms with van der Waals surface area (Å²) in [7, 11) is 3.11. The Bertz CT molecular complexity index is 708. The third-order valence-corrected chi connectivity index (χ3v) is 3.80. The molecular formula is C17H20N4O4. The van der Waals surface area contributed by atoms with E-state index in [0.717, 1.165) is 13.1 Å². The van der Waals surface area contributed by atoms with E-state index in [0.29, 0.717) is 41.9 Å². The molecule has 1 aliphatic rings. The number of hydrogen-bond donors (Lipinski definition) is 1. The first-order valence-electron chi connectivity index (χ1n) is 7.89. The predicted molar refractivity (Wildman–Crippen MR) is 92.6 cm³/mol. The maximum atomic E-state index is 12.4. The average Bonchev–Trinajstić information content (AvgIpc) is 2.68. The molecule has 1 N–H and O–H groups in total. The zero-order valence-electron chi connectivity index (χ0n) is 14.2. The van der Waals surface area contributed by atoms with Gasteiger partial charge >= 0.3 is 0 Å². The van der Waals surface area contributed by atoms with Crippen molar-refractivity contribution in [2.75, 3.05) is 50.7 Å². The van der Waals surface area contributed by atoms with Crippen LogP contribution in [0.25, 0.3) is 0 Å². The van der Waals surface area contributed by atoms with Crippen LogP contribution >= 0.6 is 0 Å². The van der Waals surface area contributed by atoms with Gasteiger partial charge in [-0.05, 0) is 0 Å². The fraction of sp³-hybridized carbons (Fsp3) is 0.353. The lowest BCUT2D eigenvalue weighted by Crippen LogP contribution is -2.37. The summed E-state index contributed by atoms with van der Waals surface area (Å²) >= 11 is 0. The number of methoxy groups -OCH3 is 2. The number of nitrogens with zero attached hydrogens (tertiary/aromatic N) is 3. The van der Waals surface area contributed by atoms with Gasteiger partial charge in [-0.2, -0.15) is 0 Å². The fourth-order valence-electron chi connectivity index (χ4n) is 2.45. The van der Waals surface area contributed by atoms with E-state index in [1.165, 1.54) is 12.4 Å². The highest BCUT2D eigenvalue weighted by Crippen LogP contribution is 2.26. The standard InChI is InChI=1S/C17H20N4O4/c1-23-14-7-13(8-15(9-14)24-2)20-16(22)12-10-18-17(19-11-12)21-3-5-25-6-4-21/h7-11H,3-6H2,1-2H3,(H,20,22). The summed E-state index contributed by atoms with van der Waals surface area (Å²) in [5.74, 6) is 1.48. The number of hydrogen-bond acceptors (Lipinski definition) is 7. The van der Waals surface area contributed by atoms with Crippen LogP contribution in [0.3, 0.4) is 0 Å². The second kappa shape index (κ2) is 7.80. The number of nitrogens with one attached hydrogen (secondary N) is 1. The maximum Gasteiger partial charge on any atom is 0.258 e. The Morgan fingerprint density at radius 2 is 1.68 bits per heavy atom. The summed E-state index contributed by atoms with van der Waals surface area (Å²) in [5, 5.41) is 2.79. The molecule has 1 fully saturated rings. The van der Waals surface area contributed by atoms with Gasteiger partial charge in [-0.15, -0.1) is 0 Å². The van der Waals surface area contributed by atoms with Gasteiger partial charge in [0.05, 0.1) is 33.0 Å². The molecule has 8 nitrogen and oxygen atoms in total. The molecule has 132 valence electrons. The van der Waals surface area contributed by atoms with Crippen molar-refractivity contribution in [3.8, 4) is 11.5 Å². The molecular weight excluding hydrogens is 324 g/mol. The lowest BCUT2D eigenvalue weighted by molar-refractivity contribution is 0.102. The Kier molecular flexibility index (Phi) is 5.30. The highest BCUT2D eigenvalue weighted by atomic mass is 16.5. The fourth-order valence-corrected chi connectivity index (χ4v) is 2.45. The molecule has 2 heterocycles. The number of rotatable bonds is 5. The molecule has 1 aliphatic heterocycles. The largest absolute Gasteiger partial charge is 0.497 e. The van der Waals surface area contributed by atoms with Crippen LogP contribution < -0.4 is 19.7 Å². The van der Waals surface area contributed by atoms with E-state index in [4.69, 9.17) is 14.2 Å². The van der Waals surface area contributed by atoms with E-state index in [1.807, 2.05) is 4.90 Å². The van der Waals surface area contributed by atoms with Crippen LogP contribution in [-0.2, 0) is 4.74 Å². The first kappa shape index (κ1) is 17.0. The third-order valence-electron chi connectivity index (χ3n) is 3.80. The molecule has 0 radical (unpaired) electrons. The molecule has 0 spiro atoms. The molecule has 0 atom stereocenters. The van der Waals surface area contributed by atoms with Crippen molar-refractivity contribution in [3.05, 3.63) is 36.2 Å². The van der Waals surface area contributed by atoms with Crippen molar-refractivity contribution < 1.29 is 19.0 Å². The Labute approximate surface area is 145 Å². The van der Waals surface area contributed by atoms with Crippen LogP contribution in [0.5, 0.6) is 11.5 Å². The van der Waals surface area contributed by atoms with E-state index in [9.17, 15) is 4.79 Å². The third kappa shape index (κ3) is 4.16. The molecule has 1 saturated heterocycles. The quantitative estimate of drug-likeness (QED) is 0.881. The van der Waals surface area contributed by atoms with Crippen LogP contribution in [-0.4, -0.2) is 56.4 Å². The first-order valence-corrected chi connectivity index (χ1v) is 7.89. The van der Waals surface area contributed by atoms with E-state index >= 15 is 0 Å². The molecule has 0 unspecified atom stereocenters. The Morgan fingerprint density at radius 3 is 2.24 bits per heavy atom. The summed E-state index contributed by atoms with van der Waals surface area (Å²) in [4.78, 5) is 23.0. The molecule has 1 aromatic heterocycles. The second-order valence-corrected chi connectivity index (χ2v) is 5.43. The number of morpholine rings is 1.